The fraction of sp³-hybridized carbons (Fsp3) is 0.188. The Balaban J connectivity index is 1.60. The quantitative estimate of drug-likeness (QED) is 0.686. The van der Waals surface area contributed by atoms with E-state index >= 15 is 0 Å². The molecule has 0 spiro atoms. The predicted octanol–water partition coefficient (Wildman–Crippen LogP) is 3.63. The molecule has 0 N–H and O–H groups in total. The zero-order chi connectivity index (χ0) is 15.6. The van der Waals surface area contributed by atoms with E-state index in [0.717, 1.165) is 40.1 Å². The first-order valence-corrected chi connectivity index (χ1v) is 9.01. The maximum atomic E-state index is 4.39. The standard InChI is InChI=1S/C16H14BrN5S/c17-14-3-1-2-13(8-14)15-19-20-16-22(15)10-21(11-23-16)9-12-4-6-18-7-5-12/h1-8H,9-11H2. The van der Waals surface area contributed by atoms with Gasteiger partial charge >= 0.3 is 0 Å². The van der Waals surface area contributed by atoms with Gasteiger partial charge in [-0.15, -0.1) is 10.2 Å². The van der Waals surface area contributed by atoms with Gasteiger partial charge < -0.3 is 0 Å². The van der Waals surface area contributed by atoms with Crippen molar-refractivity contribution in [2.75, 3.05) is 5.88 Å². The molecule has 1 aliphatic rings. The zero-order valence-corrected chi connectivity index (χ0v) is 14.7. The van der Waals surface area contributed by atoms with Crippen LogP contribution in [0.25, 0.3) is 11.4 Å². The molecule has 4 rings (SSSR count). The number of aromatic nitrogens is 4. The van der Waals surface area contributed by atoms with Crippen molar-refractivity contribution in [1.82, 2.24) is 24.6 Å². The van der Waals surface area contributed by atoms with Crippen molar-refractivity contribution in [3.63, 3.8) is 0 Å². The molecule has 0 saturated heterocycles. The third kappa shape index (κ3) is 3.17. The summed E-state index contributed by atoms with van der Waals surface area (Å²) in [5.41, 5.74) is 2.34. The molecule has 0 radical (unpaired) electrons. The molecule has 0 amide bonds. The molecule has 0 aliphatic carbocycles. The Morgan fingerprint density at radius 3 is 2.83 bits per heavy atom. The highest BCUT2D eigenvalue weighted by molar-refractivity contribution is 9.10. The van der Waals surface area contributed by atoms with E-state index in [1.165, 1.54) is 5.56 Å². The van der Waals surface area contributed by atoms with Crippen molar-refractivity contribution in [2.24, 2.45) is 0 Å². The molecule has 5 nitrogen and oxygen atoms in total. The first-order valence-electron chi connectivity index (χ1n) is 7.23. The Kier molecular flexibility index (Phi) is 4.15. The number of benzene rings is 1. The Labute approximate surface area is 146 Å². The molecule has 0 fully saturated rings. The summed E-state index contributed by atoms with van der Waals surface area (Å²) in [6.07, 6.45) is 3.67. The van der Waals surface area contributed by atoms with E-state index in [1.807, 2.05) is 24.5 Å². The van der Waals surface area contributed by atoms with Gasteiger partial charge in [0.1, 0.15) is 0 Å². The number of pyridine rings is 1. The highest BCUT2D eigenvalue weighted by Gasteiger charge is 2.22. The molecule has 1 aromatic carbocycles. The fourth-order valence-corrected chi connectivity index (χ4v) is 3.86. The number of hydrogen-bond acceptors (Lipinski definition) is 5. The summed E-state index contributed by atoms with van der Waals surface area (Å²) >= 11 is 5.24. The van der Waals surface area contributed by atoms with Crippen molar-refractivity contribution in [3.05, 3.63) is 58.8 Å². The monoisotopic (exact) mass is 387 g/mol. The van der Waals surface area contributed by atoms with Gasteiger partial charge in [0, 0.05) is 29.0 Å². The SMILES string of the molecule is Brc1cccc(-c2nnc3n2CN(Cc2ccncc2)CS3)c1. The second kappa shape index (κ2) is 6.43. The average Bonchev–Trinajstić information content (AvgIpc) is 2.99. The van der Waals surface area contributed by atoms with Crippen molar-refractivity contribution in [2.45, 2.75) is 18.4 Å². The smallest absolute Gasteiger partial charge is 0.193 e. The van der Waals surface area contributed by atoms with Crippen molar-refractivity contribution >= 4 is 27.7 Å². The van der Waals surface area contributed by atoms with Gasteiger partial charge in [-0.1, -0.05) is 39.8 Å². The summed E-state index contributed by atoms with van der Waals surface area (Å²) in [7, 11) is 0. The summed E-state index contributed by atoms with van der Waals surface area (Å²) in [5.74, 6) is 1.83. The molecule has 7 heteroatoms. The lowest BCUT2D eigenvalue weighted by Crippen LogP contribution is -2.30. The number of nitrogens with zero attached hydrogens (tertiary/aromatic N) is 5. The van der Waals surface area contributed by atoms with E-state index in [4.69, 9.17) is 0 Å². The second-order valence-electron chi connectivity index (χ2n) is 5.34. The molecule has 2 aromatic heterocycles. The average molecular weight is 388 g/mol. The Morgan fingerprint density at radius 2 is 2.00 bits per heavy atom. The van der Waals surface area contributed by atoms with E-state index in [-0.39, 0.29) is 0 Å². The Morgan fingerprint density at radius 1 is 1.13 bits per heavy atom. The number of hydrogen-bond donors (Lipinski definition) is 0. The van der Waals surface area contributed by atoms with Crippen LogP contribution in [0.5, 0.6) is 0 Å². The van der Waals surface area contributed by atoms with Gasteiger partial charge in [0.05, 0.1) is 12.5 Å². The summed E-state index contributed by atoms with van der Waals surface area (Å²) in [6, 6.07) is 12.3. The van der Waals surface area contributed by atoms with Crippen molar-refractivity contribution in [1.29, 1.82) is 0 Å². The molecule has 0 atom stereocenters. The lowest BCUT2D eigenvalue weighted by atomic mass is 10.2. The van der Waals surface area contributed by atoms with E-state index < -0.39 is 0 Å². The van der Waals surface area contributed by atoms with Gasteiger partial charge in [-0.3, -0.25) is 14.5 Å². The van der Waals surface area contributed by atoms with Gasteiger partial charge in [0.25, 0.3) is 0 Å². The highest BCUT2D eigenvalue weighted by Crippen LogP contribution is 2.30. The van der Waals surface area contributed by atoms with E-state index in [0.29, 0.717) is 0 Å². The Bertz CT molecular complexity index is 820. The minimum Gasteiger partial charge on any atom is -0.288 e. The van der Waals surface area contributed by atoms with Gasteiger partial charge in [0.15, 0.2) is 11.0 Å². The number of rotatable bonds is 3. The van der Waals surface area contributed by atoms with Gasteiger partial charge in [-0.2, -0.15) is 0 Å². The fourth-order valence-electron chi connectivity index (χ4n) is 2.60. The minimum absolute atomic E-state index is 0.791. The molecular formula is C16H14BrN5S. The molecule has 3 aromatic rings. The van der Waals surface area contributed by atoms with Crippen LogP contribution in [-0.2, 0) is 13.2 Å². The minimum atomic E-state index is 0.791. The normalized spacial score (nSPS) is 14.7. The number of thioether (sulfide) groups is 1. The van der Waals surface area contributed by atoms with Gasteiger partial charge in [-0.05, 0) is 29.8 Å². The van der Waals surface area contributed by atoms with Crippen LogP contribution in [0.2, 0.25) is 0 Å². The second-order valence-corrected chi connectivity index (χ2v) is 7.17. The first-order chi connectivity index (χ1) is 11.3. The van der Waals surface area contributed by atoms with Crippen molar-refractivity contribution in [3.8, 4) is 11.4 Å². The van der Waals surface area contributed by atoms with Gasteiger partial charge in [0.2, 0.25) is 0 Å². The van der Waals surface area contributed by atoms with E-state index in [9.17, 15) is 0 Å². The summed E-state index contributed by atoms with van der Waals surface area (Å²) in [6.45, 7) is 1.69. The third-order valence-corrected chi connectivity index (χ3v) is 5.22. The largest absolute Gasteiger partial charge is 0.288 e. The zero-order valence-electron chi connectivity index (χ0n) is 12.3. The molecular weight excluding hydrogens is 374 g/mol. The summed E-state index contributed by atoms with van der Waals surface area (Å²) in [4.78, 5) is 6.45. The van der Waals surface area contributed by atoms with Crippen LogP contribution < -0.4 is 0 Å². The lowest BCUT2D eigenvalue weighted by Gasteiger charge is -2.27. The van der Waals surface area contributed by atoms with E-state index in [2.05, 4.69) is 64.8 Å². The van der Waals surface area contributed by atoms with Crippen LogP contribution in [0.15, 0.2) is 58.4 Å². The molecule has 0 bridgehead atoms. The van der Waals surface area contributed by atoms with E-state index in [1.54, 1.807) is 11.8 Å². The molecule has 23 heavy (non-hydrogen) atoms. The third-order valence-electron chi connectivity index (χ3n) is 3.67. The van der Waals surface area contributed by atoms with Crippen molar-refractivity contribution < 1.29 is 0 Å². The van der Waals surface area contributed by atoms with Crippen LogP contribution in [-0.4, -0.2) is 30.5 Å². The topological polar surface area (TPSA) is 46.8 Å². The lowest BCUT2D eigenvalue weighted by molar-refractivity contribution is 0.231. The van der Waals surface area contributed by atoms with Crippen LogP contribution in [0, 0.1) is 0 Å². The summed E-state index contributed by atoms with van der Waals surface area (Å²) < 4.78 is 3.22. The van der Waals surface area contributed by atoms with Crippen LogP contribution in [0.4, 0.5) is 0 Å². The summed E-state index contributed by atoms with van der Waals surface area (Å²) in [5, 5.41) is 9.69. The van der Waals surface area contributed by atoms with Crippen LogP contribution in [0.3, 0.4) is 0 Å². The number of halogens is 1. The number of fused-ring (bicyclic) bond motifs is 1. The molecule has 116 valence electrons. The highest BCUT2D eigenvalue weighted by atomic mass is 79.9. The maximum Gasteiger partial charge on any atom is 0.193 e. The van der Waals surface area contributed by atoms with Gasteiger partial charge in [-0.25, -0.2) is 0 Å². The Hall–Kier alpha value is -1.70. The molecule has 1 aliphatic heterocycles. The molecule has 0 unspecified atom stereocenters. The predicted molar refractivity (Wildman–Crippen MR) is 93.7 cm³/mol. The maximum absolute atomic E-state index is 4.39. The first kappa shape index (κ1) is 14.9. The molecule has 0 saturated carbocycles. The molecule has 3 heterocycles. The van der Waals surface area contributed by atoms with Crippen LogP contribution >= 0.6 is 27.7 Å². The van der Waals surface area contributed by atoms with Crippen LogP contribution in [0.1, 0.15) is 5.56 Å².